The van der Waals surface area contributed by atoms with Gasteiger partial charge in [0.05, 0.1) is 22.5 Å². The van der Waals surface area contributed by atoms with Gasteiger partial charge in [-0.2, -0.15) is 0 Å². The lowest BCUT2D eigenvalue weighted by atomic mass is 10.0. The lowest BCUT2D eigenvalue weighted by Gasteiger charge is -2.12. The Balaban J connectivity index is 1.85. The van der Waals surface area contributed by atoms with Crippen molar-refractivity contribution in [1.82, 2.24) is 15.1 Å². The summed E-state index contributed by atoms with van der Waals surface area (Å²) in [5, 5.41) is 4.08. The topological polar surface area (TPSA) is 104 Å². The summed E-state index contributed by atoms with van der Waals surface area (Å²) < 4.78 is 11.1. The third-order valence-electron chi connectivity index (χ3n) is 3.97. The molecule has 0 saturated heterocycles. The minimum atomic E-state index is -0.500. The Morgan fingerprint density at radius 2 is 2.08 bits per heavy atom. The number of carbonyl (C=O) groups excluding carboxylic acids is 1. The number of aromatic nitrogens is 3. The maximum atomic E-state index is 11.5. The number of primary amides is 1. The van der Waals surface area contributed by atoms with E-state index in [0.29, 0.717) is 34.3 Å². The molecular weight excluding hydrogens is 332 g/mol. The molecule has 0 bridgehead atoms. The molecule has 3 aromatic rings. The van der Waals surface area contributed by atoms with Gasteiger partial charge >= 0.3 is 0 Å². The van der Waals surface area contributed by atoms with Crippen LogP contribution in [-0.4, -0.2) is 21.0 Å². The largest absolute Gasteiger partial charge is 0.473 e. The van der Waals surface area contributed by atoms with Gasteiger partial charge in [-0.05, 0) is 31.0 Å². The second-order valence-electron chi connectivity index (χ2n) is 6.17. The molecule has 0 aliphatic heterocycles. The van der Waals surface area contributed by atoms with Crippen LogP contribution in [0.25, 0.3) is 11.4 Å². The van der Waals surface area contributed by atoms with Crippen molar-refractivity contribution in [2.75, 3.05) is 0 Å². The summed E-state index contributed by atoms with van der Waals surface area (Å²) in [6.45, 7) is 5.94. The average Bonchev–Trinajstić information content (AvgIpc) is 3.01. The van der Waals surface area contributed by atoms with Gasteiger partial charge in [-0.25, -0.2) is 4.98 Å². The van der Waals surface area contributed by atoms with Crippen LogP contribution >= 0.6 is 0 Å². The van der Waals surface area contributed by atoms with E-state index in [9.17, 15) is 4.79 Å². The van der Waals surface area contributed by atoms with E-state index in [0.717, 1.165) is 5.56 Å². The highest BCUT2D eigenvalue weighted by atomic mass is 16.5. The second-order valence-corrected chi connectivity index (χ2v) is 6.17. The Labute approximate surface area is 151 Å². The molecule has 1 amide bonds. The summed E-state index contributed by atoms with van der Waals surface area (Å²) in [5.74, 6) is 0.609. The van der Waals surface area contributed by atoms with E-state index in [-0.39, 0.29) is 12.5 Å². The highest BCUT2D eigenvalue weighted by Gasteiger charge is 2.18. The van der Waals surface area contributed by atoms with Crippen molar-refractivity contribution in [2.45, 2.75) is 33.3 Å². The normalized spacial score (nSPS) is 10.9. The van der Waals surface area contributed by atoms with Crippen molar-refractivity contribution in [2.24, 2.45) is 5.73 Å². The van der Waals surface area contributed by atoms with Crippen LogP contribution in [0.3, 0.4) is 0 Å². The molecule has 0 unspecified atom stereocenters. The molecule has 26 heavy (non-hydrogen) atoms. The lowest BCUT2D eigenvalue weighted by Crippen LogP contribution is -2.16. The summed E-state index contributed by atoms with van der Waals surface area (Å²) in [6, 6.07) is 8.85. The van der Waals surface area contributed by atoms with E-state index in [1.165, 1.54) is 0 Å². The molecule has 7 nitrogen and oxygen atoms in total. The Hall–Kier alpha value is -3.22. The molecule has 0 fully saturated rings. The number of hydrogen-bond acceptors (Lipinski definition) is 6. The van der Waals surface area contributed by atoms with Crippen LogP contribution in [0.2, 0.25) is 0 Å². The monoisotopic (exact) mass is 352 g/mol. The molecule has 0 saturated carbocycles. The predicted molar refractivity (Wildman–Crippen MR) is 95.6 cm³/mol. The van der Waals surface area contributed by atoms with Crippen molar-refractivity contribution in [3.63, 3.8) is 0 Å². The third kappa shape index (κ3) is 3.56. The van der Waals surface area contributed by atoms with E-state index < -0.39 is 5.91 Å². The van der Waals surface area contributed by atoms with Crippen LogP contribution in [0.5, 0.6) is 5.88 Å². The van der Waals surface area contributed by atoms with Crippen LogP contribution in [-0.2, 0) is 6.61 Å². The first-order chi connectivity index (χ1) is 12.5. The van der Waals surface area contributed by atoms with Crippen LogP contribution in [0.4, 0.5) is 0 Å². The first kappa shape index (κ1) is 17.6. The van der Waals surface area contributed by atoms with Gasteiger partial charge in [0.2, 0.25) is 5.88 Å². The minimum absolute atomic E-state index is 0.0439. The highest BCUT2D eigenvalue weighted by Crippen LogP contribution is 2.26. The number of amides is 1. The van der Waals surface area contributed by atoms with Gasteiger partial charge in [0.25, 0.3) is 5.91 Å². The quantitative estimate of drug-likeness (QED) is 0.730. The molecule has 0 spiro atoms. The number of rotatable bonds is 6. The van der Waals surface area contributed by atoms with Crippen LogP contribution < -0.4 is 10.5 Å². The highest BCUT2D eigenvalue weighted by molar-refractivity contribution is 5.94. The van der Waals surface area contributed by atoms with Gasteiger partial charge in [0.15, 0.2) is 0 Å². The summed E-state index contributed by atoms with van der Waals surface area (Å²) in [5.41, 5.74) is 8.58. The lowest BCUT2D eigenvalue weighted by molar-refractivity contribution is 0.0998. The molecule has 0 radical (unpaired) electrons. The van der Waals surface area contributed by atoms with Gasteiger partial charge in [-0.15, -0.1) is 0 Å². The number of ether oxygens (including phenoxy) is 1. The molecule has 3 aromatic heterocycles. The molecular formula is C19H20N4O3. The van der Waals surface area contributed by atoms with E-state index >= 15 is 0 Å². The maximum absolute atomic E-state index is 11.5. The van der Waals surface area contributed by atoms with Gasteiger partial charge in [0.1, 0.15) is 18.1 Å². The van der Waals surface area contributed by atoms with E-state index in [1.807, 2.05) is 39.0 Å². The van der Waals surface area contributed by atoms with E-state index in [1.54, 1.807) is 18.3 Å². The van der Waals surface area contributed by atoms with Crippen molar-refractivity contribution in [1.29, 1.82) is 0 Å². The number of hydrogen-bond donors (Lipinski definition) is 1. The summed E-state index contributed by atoms with van der Waals surface area (Å²) in [4.78, 5) is 20.3. The van der Waals surface area contributed by atoms with Crippen LogP contribution in [0.1, 0.15) is 47.1 Å². The van der Waals surface area contributed by atoms with Gasteiger partial charge in [-0.1, -0.05) is 25.1 Å². The van der Waals surface area contributed by atoms with Crippen molar-refractivity contribution >= 4 is 5.91 Å². The average molecular weight is 352 g/mol. The standard InChI is InChI=1S/C19H20N4O3/c1-11(2)17-13(19(20)24)7-8-16(22-17)25-10-14-12(3)26-23-18(14)15-6-4-5-9-21-15/h4-9,11H,10H2,1-3H3,(H2,20,24). The first-order valence-electron chi connectivity index (χ1n) is 8.27. The predicted octanol–water partition coefficient (Wildman–Crippen LogP) is 3.24. The zero-order chi connectivity index (χ0) is 18.7. The zero-order valence-corrected chi connectivity index (χ0v) is 14.9. The van der Waals surface area contributed by atoms with E-state index in [2.05, 4.69) is 15.1 Å². The Bertz CT molecular complexity index is 920. The fourth-order valence-electron chi connectivity index (χ4n) is 2.60. The Morgan fingerprint density at radius 1 is 1.27 bits per heavy atom. The fourth-order valence-corrected chi connectivity index (χ4v) is 2.60. The number of nitrogens with two attached hydrogens (primary N) is 1. The zero-order valence-electron chi connectivity index (χ0n) is 14.9. The van der Waals surface area contributed by atoms with Crippen molar-refractivity contribution in [3.8, 4) is 17.3 Å². The molecule has 7 heteroatoms. The minimum Gasteiger partial charge on any atom is -0.473 e. The SMILES string of the molecule is Cc1onc(-c2ccccn2)c1COc1ccc(C(N)=O)c(C(C)C)n1. The van der Waals surface area contributed by atoms with Crippen LogP contribution in [0.15, 0.2) is 41.1 Å². The Morgan fingerprint density at radius 3 is 2.73 bits per heavy atom. The number of pyridine rings is 2. The molecule has 0 atom stereocenters. The van der Waals surface area contributed by atoms with Gasteiger partial charge < -0.3 is 15.0 Å². The van der Waals surface area contributed by atoms with Crippen molar-refractivity contribution < 1.29 is 14.1 Å². The maximum Gasteiger partial charge on any atom is 0.250 e. The number of aryl methyl sites for hydroxylation is 1. The number of nitrogens with zero attached hydrogens (tertiary/aromatic N) is 3. The molecule has 2 N–H and O–H groups in total. The van der Waals surface area contributed by atoms with Crippen molar-refractivity contribution in [3.05, 3.63) is 59.1 Å². The molecule has 3 heterocycles. The van der Waals surface area contributed by atoms with Gasteiger partial charge in [-0.3, -0.25) is 9.78 Å². The van der Waals surface area contributed by atoms with Crippen LogP contribution in [0, 0.1) is 6.92 Å². The number of carbonyl (C=O) groups is 1. The summed E-state index contributed by atoms with van der Waals surface area (Å²) in [7, 11) is 0. The molecule has 0 aliphatic rings. The Kier molecular flexibility index (Phi) is 4.97. The van der Waals surface area contributed by atoms with Gasteiger partial charge in [0, 0.05) is 12.3 Å². The molecule has 3 rings (SSSR count). The first-order valence-corrected chi connectivity index (χ1v) is 8.27. The summed E-state index contributed by atoms with van der Waals surface area (Å²) >= 11 is 0. The fraction of sp³-hybridized carbons (Fsp3) is 0.263. The molecule has 134 valence electrons. The molecule has 0 aromatic carbocycles. The summed E-state index contributed by atoms with van der Waals surface area (Å²) in [6.07, 6.45) is 1.70. The van der Waals surface area contributed by atoms with E-state index in [4.69, 9.17) is 15.0 Å². The third-order valence-corrected chi connectivity index (χ3v) is 3.97. The second kappa shape index (κ2) is 7.35. The smallest absolute Gasteiger partial charge is 0.250 e. The molecule has 0 aliphatic carbocycles.